The van der Waals surface area contributed by atoms with Gasteiger partial charge in [-0.15, -0.1) is 0 Å². The lowest BCUT2D eigenvalue weighted by molar-refractivity contribution is -0.231. The van der Waals surface area contributed by atoms with Crippen LogP contribution in [0.1, 0.15) is 46.9 Å². The Labute approximate surface area is 205 Å². The van der Waals surface area contributed by atoms with Crippen LogP contribution >= 0.6 is 0 Å². The molecule has 0 bridgehead atoms. The second-order valence-corrected chi connectivity index (χ2v) is 8.67. The topological polar surface area (TPSA) is 21.7 Å². The number of halogens is 6. The van der Waals surface area contributed by atoms with Crippen molar-refractivity contribution in [2.24, 2.45) is 0 Å². The van der Waals surface area contributed by atoms with Crippen molar-refractivity contribution in [2.45, 2.75) is 44.3 Å². The smallest absolute Gasteiger partial charge is 0.349 e. The van der Waals surface area contributed by atoms with Gasteiger partial charge >= 0.3 is 12.4 Å². The Morgan fingerprint density at radius 2 is 1.42 bits per heavy atom. The molecule has 3 aromatic rings. The molecule has 0 amide bonds. The minimum absolute atomic E-state index is 0.113. The van der Waals surface area contributed by atoms with Gasteiger partial charge < -0.3 is 9.47 Å². The van der Waals surface area contributed by atoms with Gasteiger partial charge in [0.2, 0.25) is 0 Å². The van der Waals surface area contributed by atoms with E-state index in [2.05, 4.69) is 4.90 Å². The summed E-state index contributed by atoms with van der Waals surface area (Å²) in [6, 6.07) is 20.2. The largest absolute Gasteiger partial charge is 0.416 e. The minimum atomic E-state index is -4.93. The SMILES string of the molecule is C[C@@H](O[C@@H]1OCCN(Cc2ccccc2)[C@H]1c1ccccc1)c1cc(C(F)(F)F)cc(C(F)(F)F)c1. The summed E-state index contributed by atoms with van der Waals surface area (Å²) in [5, 5.41) is 0. The van der Waals surface area contributed by atoms with E-state index in [1.165, 1.54) is 6.92 Å². The zero-order valence-electron chi connectivity index (χ0n) is 19.4. The van der Waals surface area contributed by atoms with Gasteiger partial charge in [-0.05, 0) is 41.8 Å². The number of alkyl halides is 6. The summed E-state index contributed by atoms with van der Waals surface area (Å²) >= 11 is 0. The van der Waals surface area contributed by atoms with Crippen LogP contribution < -0.4 is 0 Å². The Hall–Kier alpha value is -2.88. The summed E-state index contributed by atoms with van der Waals surface area (Å²) in [6.07, 6.45) is -11.9. The van der Waals surface area contributed by atoms with E-state index in [4.69, 9.17) is 9.47 Å². The highest BCUT2D eigenvalue weighted by atomic mass is 19.4. The lowest BCUT2D eigenvalue weighted by Crippen LogP contribution is -2.46. The van der Waals surface area contributed by atoms with Gasteiger partial charge in [0, 0.05) is 13.1 Å². The molecule has 1 heterocycles. The van der Waals surface area contributed by atoms with Crippen LogP contribution in [0.2, 0.25) is 0 Å². The molecular weight excluding hydrogens is 484 g/mol. The third-order valence-electron chi connectivity index (χ3n) is 6.10. The number of ether oxygens (including phenoxy) is 2. The van der Waals surface area contributed by atoms with Crippen molar-refractivity contribution in [3.8, 4) is 0 Å². The Morgan fingerprint density at radius 3 is 1.97 bits per heavy atom. The summed E-state index contributed by atoms with van der Waals surface area (Å²) in [7, 11) is 0. The highest BCUT2D eigenvalue weighted by Gasteiger charge is 2.39. The molecule has 1 aliphatic rings. The first-order valence-electron chi connectivity index (χ1n) is 11.4. The van der Waals surface area contributed by atoms with Crippen LogP contribution in [0.15, 0.2) is 78.9 Å². The number of morpholine rings is 1. The predicted octanol–water partition coefficient (Wildman–Crippen LogP) is 7.40. The van der Waals surface area contributed by atoms with Crippen LogP contribution in [0.25, 0.3) is 0 Å². The van der Waals surface area contributed by atoms with Gasteiger partial charge in [-0.3, -0.25) is 4.90 Å². The summed E-state index contributed by atoms with van der Waals surface area (Å²) in [6.45, 7) is 2.87. The molecule has 9 heteroatoms. The Morgan fingerprint density at radius 1 is 0.861 bits per heavy atom. The van der Waals surface area contributed by atoms with E-state index in [0.29, 0.717) is 31.8 Å². The first-order valence-corrected chi connectivity index (χ1v) is 11.4. The highest BCUT2D eigenvalue weighted by Crippen LogP contribution is 2.39. The maximum Gasteiger partial charge on any atom is 0.416 e. The molecule has 192 valence electrons. The van der Waals surface area contributed by atoms with E-state index in [1.54, 1.807) is 0 Å². The first-order chi connectivity index (χ1) is 17.0. The summed E-state index contributed by atoms with van der Waals surface area (Å²) in [5.74, 6) is 0. The van der Waals surface area contributed by atoms with E-state index in [-0.39, 0.29) is 11.6 Å². The van der Waals surface area contributed by atoms with Gasteiger partial charge in [0.1, 0.15) is 0 Å². The van der Waals surface area contributed by atoms with Crippen LogP contribution in [0, 0.1) is 0 Å². The number of hydrogen-bond donors (Lipinski definition) is 0. The lowest BCUT2D eigenvalue weighted by atomic mass is 10.0. The number of benzene rings is 3. The molecule has 3 nitrogen and oxygen atoms in total. The maximum atomic E-state index is 13.4. The molecule has 36 heavy (non-hydrogen) atoms. The third-order valence-corrected chi connectivity index (χ3v) is 6.10. The lowest BCUT2D eigenvalue weighted by Gasteiger charge is -2.42. The first kappa shape index (κ1) is 26.2. The molecule has 1 aliphatic heterocycles. The fourth-order valence-corrected chi connectivity index (χ4v) is 4.31. The molecule has 0 spiro atoms. The Kier molecular flexibility index (Phi) is 7.73. The van der Waals surface area contributed by atoms with Crippen molar-refractivity contribution in [1.29, 1.82) is 0 Å². The molecule has 3 aromatic carbocycles. The van der Waals surface area contributed by atoms with Gasteiger partial charge in [-0.1, -0.05) is 60.7 Å². The van der Waals surface area contributed by atoms with Crippen molar-refractivity contribution in [3.05, 3.63) is 107 Å². The average molecular weight is 509 g/mol. The van der Waals surface area contributed by atoms with Gasteiger partial charge in [0.05, 0.1) is 29.9 Å². The van der Waals surface area contributed by atoms with Gasteiger partial charge in [0.15, 0.2) is 6.29 Å². The van der Waals surface area contributed by atoms with E-state index in [0.717, 1.165) is 11.1 Å². The molecule has 0 saturated carbocycles. The molecule has 0 unspecified atom stereocenters. The summed E-state index contributed by atoms with van der Waals surface area (Å²) < 4.78 is 92.1. The molecule has 0 N–H and O–H groups in total. The monoisotopic (exact) mass is 509 g/mol. The molecule has 4 rings (SSSR count). The van der Waals surface area contributed by atoms with Gasteiger partial charge in [0.25, 0.3) is 0 Å². The fourth-order valence-electron chi connectivity index (χ4n) is 4.31. The van der Waals surface area contributed by atoms with Crippen molar-refractivity contribution < 1.29 is 35.8 Å². The molecule has 0 aliphatic carbocycles. The standard InChI is InChI=1S/C27H25F6NO2/c1-18(21-14-22(26(28,29)30)16-23(15-21)27(31,32)33)36-25-24(20-10-6-3-7-11-20)34(12-13-35-25)17-19-8-4-2-5-9-19/h2-11,14-16,18,24-25H,12-13,17H2,1H3/t18-,24+,25+/m1/s1. The van der Waals surface area contributed by atoms with Crippen molar-refractivity contribution in [3.63, 3.8) is 0 Å². The third kappa shape index (κ3) is 6.27. The van der Waals surface area contributed by atoms with Crippen molar-refractivity contribution in [2.75, 3.05) is 13.2 Å². The zero-order valence-corrected chi connectivity index (χ0v) is 19.4. The van der Waals surface area contributed by atoms with Crippen LogP contribution in [-0.2, 0) is 28.4 Å². The number of hydrogen-bond acceptors (Lipinski definition) is 3. The normalized spacial score (nSPS) is 20.3. The van der Waals surface area contributed by atoms with Gasteiger partial charge in [-0.25, -0.2) is 0 Å². The number of nitrogens with zero attached hydrogens (tertiary/aromatic N) is 1. The quantitative estimate of drug-likeness (QED) is 0.323. The van der Waals surface area contributed by atoms with Gasteiger partial charge in [-0.2, -0.15) is 26.3 Å². The van der Waals surface area contributed by atoms with Crippen LogP contribution in [0.5, 0.6) is 0 Å². The second kappa shape index (κ2) is 10.6. The average Bonchev–Trinajstić information content (AvgIpc) is 2.84. The van der Waals surface area contributed by atoms with Crippen LogP contribution in [0.4, 0.5) is 26.3 Å². The highest BCUT2D eigenvalue weighted by molar-refractivity contribution is 5.35. The molecule has 1 fully saturated rings. The number of rotatable bonds is 6. The van der Waals surface area contributed by atoms with Crippen molar-refractivity contribution >= 4 is 0 Å². The van der Waals surface area contributed by atoms with E-state index < -0.39 is 41.9 Å². The summed E-state index contributed by atoms with van der Waals surface area (Å²) in [5.41, 5.74) is -1.06. The van der Waals surface area contributed by atoms with E-state index in [1.807, 2.05) is 60.7 Å². The second-order valence-electron chi connectivity index (χ2n) is 8.67. The molecule has 0 aromatic heterocycles. The van der Waals surface area contributed by atoms with Crippen molar-refractivity contribution in [1.82, 2.24) is 4.90 Å². The summed E-state index contributed by atoms with van der Waals surface area (Å²) in [4.78, 5) is 2.14. The Balaban J connectivity index is 1.65. The minimum Gasteiger partial charge on any atom is -0.349 e. The molecular formula is C27H25F6NO2. The fraction of sp³-hybridized carbons (Fsp3) is 0.333. The Bertz CT molecular complexity index is 1100. The zero-order chi connectivity index (χ0) is 25.9. The van der Waals surface area contributed by atoms with E-state index >= 15 is 0 Å². The molecule has 3 atom stereocenters. The van der Waals surface area contributed by atoms with Crippen LogP contribution in [-0.4, -0.2) is 24.3 Å². The maximum absolute atomic E-state index is 13.4. The van der Waals surface area contributed by atoms with E-state index in [9.17, 15) is 26.3 Å². The predicted molar refractivity (Wildman–Crippen MR) is 122 cm³/mol. The molecule has 0 radical (unpaired) electrons. The van der Waals surface area contributed by atoms with Crippen LogP contribution in [0.3, 0.4) is 0 Å². The molecule has 1 saturated heterocycles.